The van der Waals surface area contributed by atoms with E-state index in [0.717, 1.165) is 17.8 Å². The summed E-state index contributed by atoms with van der Waals surface area (Å²) in [5.41, 5.74) is -3.89. The molecule has 1 aliphatic heterocycles. The Kier molecular flexibility index (Phi) is 5.34. The average Bonchev–Trinajstić information content (AvgIpc) is 2.73. The van der Waals surface area contributed by atoms with Crippen molar-refractivity contribution in [3.05, 3.63) is 62.5 Å². The lowest BCUT2D eigenvalue weighted by Gasteiger charge is -2.42. The summed E-state index contributed by atoms with van der Waals surface area (Å²) in [5.74, 6) is -0.0233. The molecule has 1 aromatic carbocycles. The third-order valence-electron chi connectivity index (χ3n) is 5.78. The van der Waals surface area contributed by atoms with E-state index in [1.807, 2.05) is 24.3 Å². The van der Waals surface area contributed by atoms with E-state index in [9.17, 15) is 33.2 Å². The number of anilines is 1. The summed E-state index contributed by atoms with van der Waals surface area (Å²) in [7, 11) is 0. The number of rotatable bonds is 3. The van der Waals surface area contributed by atoms with Gasteiger partial charge < -0.3 is 10.0 Å². The van der Waals surface area contributed by atoms with E-state index in [2.05, 4.69) is 4.98 Å². The van der Waals surface area contributed by atoms with Crippen LogP contribution in [0, 0.1) is 16.0 Å². The predicted molar refractivity (Wildman–Crippen MR) is 110 cm³/mol. The number of aliphatic hydroxyl groups is 1. The average molecular weight is 453 g/mol. The fourth-order valence-corrected chi connectivity index (χ4v) is 5.13. The zero-order valence-corrected chi connectivity index (χ0v) is 16.9. The summed E-state index contributed by atoms with van der Waals surface area (Å²) in [4.78, 5) is 28.6. The summed E-state index contributed by atoms with van der Waals surface area (Å²) in [6, 6.07) is 1.05. The van der Waals surface area contributed by atoms with Crippen LogP contribution in [-0.2, 0) is 6.18 Å². The van der Waals surface area contributed by atoms with Gasteiger partial charge in [0.05, 0.1) is 21.5 Å². The molecule has 1 N–H and O–H groups in total. The van der Waals surface area contributed by atoms with Gasteiger partial charge in [0.1, 0.15) is 4.70 Å². The van der Waals surface area contributed by atoms with Gasteiger partial charge in [0, 0.05) is 25.1 Å². The van der Waals surface area contributed by atoms with Crippen molar-refractivity contribution < 1.29 is 23.2 Å². The van der Waals surface area contributed by atoms with Crippen LogP contribution >= 0.6 is 11.3 Å². The lowest BCUT2D eigenvalue weighted by atomic mass is 9.76. The number of piperidine rings is 1. The van der Waals surface area contributed by atoms with Gasteiger partial charge in [-0.15, -0.1) is 0 Å². The lowest BCUT2D eigenvalue weighted by Crippen LogP contribution is -2.48. The highest BCUT2D eigenvalue weighted by Crippen LogP contribution is 2.40. The molecule has 31 heavy (non-hydrogen) atoms. The number of halogens is 3. The number of fused-ring (bicyclic) bond motifs is 1. The Bertz CT molecular complexity index is 1150. The fourth-order valence-electron chi connectivity index (χ4n) is 4.01. The minimum atomic E-state index is -4.82. The van der Waals surface area contributed by atoms with Crippen LogP contribution in [0.5, 0.6) is 0 Å². The first-order valence-corrected chi connectivity index (χ1v) is 10.4. The zero-order chi connectivity index (χ0) is 22.4. The van der Waals surface area contributed by atoms with Crippen LogP contribution in [-0.4, -0.2) is 33.7 Å². The Morgan fingerprint density at radius 2 is 1.97 bits per heavy atom. The van der Waals surface area contributed by atoms with Crippen molar-refractivity contribution in [2.75, 3.05) is 18.0 Å². The molecule has 0 bridgehead atoms. The maximum Gasteiger partial charge on any atom is 0.416 e. The summed E-state index contributed by atoms with van der Waals surface area (Å²) < 4.78 is 39.2. The summed E-state index contributed by atoms with van der Waals surface area (Å²) in [5, 5.41) is 22.2. The molecule has 2 heterocycles. The first kappa shape index (κ1) is 21.4. The van der Waals surface area contributed by atoms with Crippen LogP contribution in [0.2, 0.25) is 0 Å². The minimum Gasteiger partial charge on any atom is -0.389 e. The van der Waals surface area contributed by atoms with Gasteiger partial charge in [-0.25, -0.2) is 0 Å². The van der Waals surface area contributed by atoms with Crippen molar-refractivity contribution in [1.29, 1.82) is 0 Å². The van der Waals surface area contributed by atoms with E-state index in [-0.39, 0.29) is 15.7 Å². The van der Waals surface area contributed by atoms with Crippen LogP contribution < -0.4 is 10.5 Å². The summed E-state index contributed by atoms with van der Waals surface area (Å²) in [6.07, 6.45) is 4.48. The van der Waals surface area contributed by atoms with Crippen LogP contribution in [0.1, 0.15) is 24.8 Å². The predicted octanol–water partition coefficient (Wildman–Crippen LogP) is 4.05. The standard InChI is InChI=1S/C20H18F3N3O4S/c21-20(22,23)13-10-14-16(15(11-13)26(29)30)31-18(24-17(14)27)25-8-6-19(28,7-9-25)12-4-2-1-3-5-12/h1-4,10-12,28H,5-9H2. The minimum absolute atomic E-state index is 0.0233. The molecule has 1 unspecified atom stereocenters. The number of nitro benzene ring substituents is 1. The van der Waals surface area contributed by atoms with Gasteiger partial charge in [-0.3, -0.25) is 14.9 Å². The SMILES string of the molecule is O=c1nc(N2CCC(O)(C3C=CC=CC3)CC2)sc2c([N+](=O)[O-])cc(C(F)(F)F)cc12. The quantitative estimate of drug-likeness (QED) is 0.557. The van der Waals surface area contributed by atoms with Crippen molar-refractivity contribution in [3.8, 4) is 0 Å². The van der Waals surface area contributed by atoms with Gasteiger partial charge >= 0.3 is 6.18 Å². The van der Waals surface area contributed by atoms with E-state index >= 15 is 0 Å². The normalized spacial score (nSPS) is 20.9. The van der Waals surface area contributed by atoms with E-state index in [0.29, 0.717) is 38.1 Å². The van der Waals surface area contributed by atoms with Crippen LogP contribution in [0.25, 0.3) is 10.1 Å². The molecule has 164 valence electrons. The van der Waals surface area contributed by atoms with E-state index in [1.165, 1.54) is 0 Å². The highest BCUT2D eigenvalue weighted by Gasteiger charge is 2.39. The third kappa shape index (κ3) is 4.07. The monoisotopic (exact) mass is 453 g/mol. The van der Waals surface area contributed by atoms with Gasteiger partial charge in [0.15, 0.2) is 5.13 Å². The molecule has 1 fully saturated rings. The van der Waals surface area contributed by atoms with Crippen molar-refractivity contribution in [2.45, 2.75) is 31.0 Å². The number of hydrogen-bond acceptors (Lipinski definition) is 7. The molecule has 2 aromatic rings. The highest BCUT2D eigenvalue weighted by molar-refractivity contribution is 7.22. The third-order valence-corrected chi connectivity index (χ3v) is 6.95. The van der Waals surface area contributed by atoms with Crippen molar-refractivity contribution >= 4 is 32.2 Å². The van der Waals surface area contributed by atoms with Gasteiger partial charge in [-0.1, -0.05) is 35.6 Å². The Labute approximate surface area is 178 Å². The van der Waals surface area contributed by atoms with Crippen molar-refractivity contribution in [3.63, 3.8) is 0 Å². The van der Waals surface area contributed by atoms with Crippen molar-refractivity contribution in [1.82, 2.24) is 4.98 Å². The largest absolute Gasteiger partial charge is 0.416 e. The fraction of sp³-hybridized carbons (Fsp3) is 0.400. The number of allylic oxidation sites excluding steroid dienone is 3. The number of nitrogens with zero attached hydrogens (tertiary/aromatic N) is 3. The number of benzene rings is 1. The molecule has 1 aliphatic carbocycles. The smallest absolute Gasteiger partial charge is 0.389 e. The van der Waals surface area contributed by atoms with E-state index in [4.69, 9.17) is 0 Å². The second-order valence-electron chi connectivity index (χ2n) is 7.67. The summed E-state index contributed by atoms with van der Waals surface area (Å²) in [6.45, 7) is 0.737. The molecule has 0 radical (unpaired) electrons. The van der Waals surface area contributed by atoms with Gasteiger partial charge in [0.25, 0.3) is 11.2 Å². The Hall–Kier alpha value is -2.79. The van der Waals surface area contributed by atoms with Crippen LogP contribution in [0.15, 0.2) is 41.2 Å². The molecular formula is C20H18F3N3O4S. The number of nitro groups is 1. The molecule has 0 spiro atoms. The maximum absolute atomic E-state index is 13.1. The Morgan fingerprint density at radius 1 is 1.26 bits per heavy atom. The molecule has 7 nitrogen and oxygen atoms in total. The molecule has 2 aliphatic rings. The van der Waals surface area contributed by atoms with Crippen LogP contribution in [0.3, 0.4) is 0 Å². The second-order valence-corrected chi connectivity index (χ2v) is 8.65. The topological polar surface area (TPSA) is 96.6 Å². The molecule has 0 amide bonds. The highest BCUT2D eigenvalue weighted by atomic mass is 32.1. The first-order valence-electron chi connectivity index (χ1n) is 9.60. The maximum atomic E-state index is 13.1. The molecule has 11 heteroatoms. The van der Waals surface area contributed by atoms with E-state index < -0.39 is 38.9 Å². The van der Waals surface area contributed by atoms with Gasteiger partial charge in [-0.05, 0) is 25.3 Å². The Morgan fingerprint density at radius 3 is 2.55 bits per heavy atom. The molecule has 1 aromatic heterocycles. The molecule has 1 atom stereocenters. The van der Waals surface area contributed by atoms with Gasteiger partial charge in [0.2, 0.25) is 0 Å². The molecule has 1 saturated heterocycles. The number of hydrogen-bond donors (Lipinski definition) is 1. The summed E-state index contributed by atoms with van der Waals surface area (Å²) >= 11 is 0.817. The van der Waals surface area contributed by atoms with Crippen molar-refractivity contribution in [2.24, 2.45) is 5.92 Å². The number of alkyl halides is 3. The van der Waals surface area contributed by atoms with Crippen LogP contribution in [0.4, 0.5) is 24.0 Å². The number of aromatic nitrogens is 1. The zero-order valence-electron chi connectivity index (χ0n) is 16.1. The van der Waals surface area contributed by atoms with E-state index in [1.54, 1.807) is 4.90 Å². The molecule has 0 saturated carbocycles. The number of non-ortho nitro benzene ring substituents is 1. The lowest BCUT2D eigenvalue weighted by molar-refractivity contribution is -0.383. The second kappa shape index (κ2) is 7.72. The molecular weight excluding hydrogens is 435 g/mol. The Balaban J connectivity index is 1.67. The van der Waals surface area contributed by atoms with Gasteiger partial charge in [-0.2, -0.15) is 18.2 Å². The molecule has 4 rings (SSSR count). The first-order chi connectivity index (χ1) is 14.6.